The van der Waals surface area contributed by atoms with E-state index in [0.717, 1.165) is 28.7 Å². The van der Waals surface area contributed by atoms with Crippen molar-refractivity contribution in [2.75, 3.05) is 7.11 Å². The van der Waals surface area contributed by atoms with Gasteiger partial charge in [0.2, 0.25) is 0 Å². The minimum absolute atomic E-state index is 0.341. The molecule has 0 radical (unpaired) electrons. The van der Waals surface area contributed by atoms with E-state index in [4.69, 9.17) is 10.5 Å². The molecule has 88 valence electrons. The molecule has 1 rings (SSSR count). The first-order valence-corrected chi connectivity index (χ1v) is 5.40. The van der Waals surface area contributed by atoms with Gasteiger partial charge in [0.25, 0.3) is 0 Å². The monoisotopic (exact) mass is 221 g/mol. The number of hydrogen-bond acceptors (Lipinski definition) is 3. The fourth-order valence-electron chi connectivity index (χ4n) is 1.78. The number of aryl methyl sites for hydroxylation is 1. The molecule has 0 heterocycles. The van der Waals surface area contributed by atoms with Crippen LogP contribution in [0.25, 0.3) is 0 Å². The average Bonchev–Trinajstić information content (AvgIpc) is 2.27. The predicted molar refractivity (Wildman–Crippen MR) is 64.8 cm³/mol. The lowest BCUT2D eigenvalue weighted by molar-refractivity contribution is -0.109. The normalized spacial score (nSPS) is 12.6. The zero-order chi connectivity index (χ0) is 12.3. The van der Waals surface area contributed by atoms with Crippen LogP contribution in [0.3, 0.4) is 0 Å². The van der Waals surface area contributed by atoms with Gasteiger partial charge in [-0.15, -0.1) is 0 Å². The number of hydrogen-bond donors (Lipinski definition) is 1. The molecule has 16 heavy (non-hydrogen) atoms. The Labute approximate surface area is 96.6 Å². The van der Waals surface area contributed by atoms with Crippen molar-refractivity contribution in [1.29, 1.82) is 0 Å². The van der Waals surface area contributed by atoms with Crippen molar-refractivity contribution in [2.24, 2.45) is 5.73 Å². The quantitative estimate of drug-likeness (QED) is 0.794. The average molecular weight is 221 g/mol. The Kier molecular flexibility index (Phi) is 4.07. The van der Waals surface area contributed by atoms with Gasteiger partial charge in [0, 0.05) is 0 Å². The standard InChI is InChI=1S/C13H19NO2/c1-8(2)10-6-11(12(14)7-15)9(3)5-13(10)16-4/h5-8,12H,14H2,1-4H3. The maximum atomic E-state index is 10.7. The first-order valence-electron chi connectivity index (χ1n) is 5.40. The molecule has 0 saturated carbocycles. The summed E-state index contributed by atoms with van der Waals surface area (Å²) in [5.41, 5.74) is 8.69. The highest BCUT2D eigenvalue weighted by Crippen LogP contribution is 2.31. The van der Waals surface area contributed by atoms with Crippen molar-refractivity contribution >= 4 is 6.29 Å². The third-order valence-electron chi connectivity index (χ3n) is 2.75. The Bertz CT molecular complexity index is 386. The molecule has 1 unspecified atom stereocenters. The first kappa shape index (κ1) is 12.7. The van der Waals surface area contributed by atoms with Crippen LogP contribution in [0, 0.1) is 6.92 Å². The maximum absolute atomic E-state index is 10.7. The van der Waals surface area contributed by atoms with E-state index in [2.05, 4.69) is 13.8 Å². The van der Waals surface area contributed by atoms with Gasteiger partial charge in [-0.05, 0) is 41.7 Å². The second kappa shape index (κ2) is 5.12. The molecule has 0 aliphatic rings. The molecule has 0 saturated heterocycles. The Morgan fingerprint density at radius 1 is 1.31 bits per heavy atom. The second-order valence-electron chi connectivity index (χ2n) is 4.27. The molecule has 0 spiro atoms. The highest BCUT2D eigenvalue weighted by Gasteiger charge is 2.14. The smallest absolute Gasteiger partial charge is 0.141 e. The van der Waals surface area contributed by atoms with Gasteiger partial charge < -0.3 is 15.3 Å². The lowest BCUT2D eigenvalue weighted by Gasteiger charge is -2.17. The molecule has 1 aromatic rings. The lowest BCUT2D eigenvalue weighted by atomic mass is 9.94. The van der Waals surface area contributed by atoms with E-state index in [1.807, 2.05) is 19.1 Å². The summed E-state index contributed by atoms with van der Waals surface area (Å²) in [5, 5.41) is 0. The molecule has 2 N–H and O–H groups in total. The Hall–Kier alpha value is -1.35. The highest BCUT2D eigenvalue weighted by molar-refractivity contribution is 5.63. The summed E-state index contributed by atoms with van der Waals surface area (Å²) in [5.74, 6) is 1.20. The number of benzene rings is 1. The summed E-state index contributed by atoms with van der Waals surface area (Å²) < 4.78 is 5.33. The summed E-state index contributed by atoms with van der Waals surface area (Å²) in [4.78, 5) is 10.7. The van der Waals surface area contributed by atoms with E-state index in [1.54, 1.807) is 7.11 Å². The lowest BCUT2D eigenvalue weighted by Crippen LogP contribution is -2.13. The van der Waals surface area contributed by atoms with Crippen molar-refractivity contribution in [3.63, 3.8) is 0 Å². The molecule has 3 heteroatoms. The van der Waals surface area contributed by atoms with Crippen LogP contribution < -0.4 is 10.5 Å². The minimum atomic E-state index is -0.552. The van der Waals surface area contributed by atoms with Crippen LogP contribution in [0.1, 0.15) is 42.5 Å². The van der Waals surface area contributed by atoms with Crippen molar-refractivity contribution in [1.82, 2.24) is 0 Å². The molecule has 3 nitrogen and oxygen atoms in total. The van der Waals surface area contributed by atoms with Crippen molar-refractivity contribution < 1.29 is 9.53 Å². The van der Waals surface area contributed by atoms with E-state index in [1.165, 1.54) is 0 Å². The Balaban J connectivity index is 3.32. The van der Waals surface area contributed by atoms with Gasteiger partial charge in [0.1, 0.15) is 12.0 Å². The van der Waals surface area contributed by atoms with Crippen molar-refractivity contribution in [2.45, 2.75) is 32.7 Å². The van der Waals surface area contributed by atoms with Gasteiger partial charge in [-0.25, -0.2) is 0 Å². The summed E-state index contributed by atoms with van der Waals surface area (Å²) in [6.45, 7) is 6.11. The molecule has 0 aromatic heterocycles. The van der Waals surface area contributed by atoms with Crippen LogP contribution in [0.15, 0.2) is 12.1 Å². The molecule has 0 amide bonds. The number of ether oxygens (including phenoxy) is 1. The van der Waals surface area contributed by atoms with Gasteiger partial charge in [0.15, 0.2) is 0 Å². The van der Waals surface area contributed by atoms with E-state index in [-0.39, 0.29) is 0 Å². The van der Waals surface area contributed by atoms with E-state index < -0.39 is 6.04 Å². The van der Waals surface area contributed by atoms with E-state index in [9.17, 15) is 4.79 Å². The first-order chi connectivity index (χ1) is 7.51. The molecule has 0 fully saturated rings. The fraction of sp³-hybridized carbons (Fsp3) is 0.462. The third kappa shape index (κ3) is 2.42. The van der Waals surface area contributed by atoms with E-state index >= 15 is 0 Å². The fourth-order valence-corrected chi connectivity index (χ4v) is 1.78. The van der Waals surface area contributed by atoms with Gasteiger partial charge in [-0.2, -0.15) is 0 Å². The Morgan fingerprint density at radius 3 is 2.38 bits per heavy atom. The zero-order valence-electron chi connectivity index (χ0n) is 10.3. The molecule has 1 atom stereocenters. The van der Waals surface area contributed by atoms with Crippen molar-refractivity contribution in [3.8, 4) is 5.75 Å². The number of carbonyl (C=O) groups excluding carboxylic acids is 1. The summed E-state index contributed by atoms with van der Waals surface area (Å²) in [6, 6.07) is 3.36. The molecular weight excluding hydrogens is 202 g/mol. The maximum Gasteiger partial charge on any atom is 0.141 e. The molecule has 1 aromatic carbocycles. The second-order valence-corrected chi connectivity index (χ2v) is 4.27. The van der Waals surface area contributed by atoms with Crippen LogP contribution in [0.2, 0.25) is 0 Å². The molecular formula is C13H19NO2. The Morgan fingerprint density at radius 2 is 1.94 bits per heavy atom. The molecule has 0 aliphatic heterocycles. The highest BCUT2D eigenvalue weighted by atomic mass is 16.5. The number of rotatable bonds is 4. The van der Waals surface area contributed by atoms with Gasteiger partial charge in [-0.1, -0.05) is 13.8 Å². The number of nitrogens with two attached hydrogens (primary N) is 1. The minimum Gasteiger partial charge on any atom is -0.496 e. The van der Waals surface area contributed by atoms with Crippen LogP contribution in [0.5, 0.6) is 5.75 Å². The van der Waals surface area contributed by atoms with Crippen LogP contribution in [-0.2, 0) is 4.79 Å². The summed E-state index contributed by atoms with van der Waals surface area (Å²) in [6.07, 6.45) is 0.763. The number of aldehydes is 1. The predicted octanol–water partition coefficient (Wildman–Crippen LogP) is 2.33. The van der Waals surface area contributed by atoms with Crippen LogP contribution in [-0.4, -0.2) is 13.4 Å². The van der Waals surface area contributed by atoms with E-state index in [0.29, 0.717) is 5.92 Å². The van der Waals surface area contributed by atoms with Crippen molar-refractivity contribution in [3.05, 3.63) is 28.8 Å². The third-order valence-corrected chi connectivity index (χ3v) is 2.75. The van der Waals surface area contributed by atoms with Gasteiger partial charge in [0.05, 0.1) is 13.2 Å². The largest absolute Gasteiger partial charge is 0.496 e. The number of carbonyl (C=O) groups is 1. The molecule has 0 aliphatic carbocycles. The SMILES string of the molecule is COc1cc(C)c(C(N)C=O)cc1C(C)C. The van der Waals surface area contributed by atoms with Crippen LogP contribution in [0.4, 0.5) is 0 Å². The van der Waals surface area contributed by atoms with Gasteiger partial charge in [-0.3, -0.25) is 0 Å². The summed E-state index contributed by atoms with van der Waals surface area (Å²) in [7, 11) is 1.65. The topological polar surface area (TPSA) is 52.3 Å². The molecule has 0 bridgehead atoms. The zero-order valence-corrected chi connectivity index (χ0v) is 10.3. The van der Waals surface area contributed by atoms with Crippen LogP contribution >= 0.6 is 0 Å². The summed E-state index contributed by atoms with van der Waals surface area (Å²) >= 11 is 0. The number of methoxy groups -OCH3 is 1. The van der Waals surface area contributed by atoms with Gasteiger partial charge >= 0.3 is 0 Å².